The summed E-state index contributed by atoms with van der Waals surface area (Å²) in [5.41, 5.74) is 2.35. The van der Waals surface area contributed by atoms with Crippen molar-refractivity contribution in [3.8, 4) is 0 Å². The summed E-state index contributed by atoms with van der Waals surface area (Å²) in [5, 5.41) is 4.77. The number of benzene rings is 1. The number of hydrogen-bond donors (Lipinski definition) is 1. The van der Waals surface area contributed by atoms with Crippen molar-refractivity contribution in [3.05, 3.63) is 42.1 Å². The van der Waals surface area contributed by atoms with Crippen molar-refractivity contribution in [2.45, 2.75) is 32.4 Å². The van der Waals surface area contributed by atoms with Crippen LogP contribution in [0.25, 0.3) is 10.9 Å². The van der Waals surface area contributed by atoms with Crippen molar-refractivity contribution in [1.29, 1.82) is 0 Å². The molecule has 1 heterocycles. The van der Waals surface area contributed by atoms with Gasteiger partial charge in [0.2, 0.25) is 0 Å². The van der Waals surface area contributed by atoms with Crippen LogP contribution in [0.2, 0.25) is 0 Å². The monoisotopic (exact) mass is 258 g/mol. The van der Waals surface area contributed by atoms with E-state index in [4.69, 9.17) is 4.74 Å². The van der Waals surface area contributed by atoms with E-state index in [0.29, 0.717) is 6.04 Å². The number of rotatable bonds is 6. The molecule has 1 aromatic heterocycles. The van der Waals surface area contributed by atoms with E-state index in [1.165, 1.54) is 10.9 Å². The summed E-state index contributed by atoms with van der Waals surface area (Å²) < 4.78 is 5.40. The number of fused-ring (bicyclic) bond motifs is 1. The lowest BCUT2D eigenvalue weighted by molar-refractivity contribution is 0.101. The molecule has 0 saturated heterocycles. The van der Waals surface area contributed by atoms with Gasteiger partial charge < -0.3 is 10.1 Å². The second-order valence-corrected chi connectivity index (χ2v) is 4.81. The van der Waals surface area contributed by atoms with Crippen molar-refractivity contribution in [2.24, 2.45) is 0 Å². The molecule has 1 aromatic carbocycles. The van der Waals surface area contributed by atoms with E-state index in [-0.39, 0.29) is 6.10 Å². The van der Waals surface area contributed by atoms with Crippen LogP contribution in [-0.2, 0) is 4.74 Å². The van der Waals surface area contributed by atoms with Crippen LogP contribution in [0.3, 0.4) is 0 Å². The molecule has 2 unspecified atom stereocenters. The van der Waals surface area contributed by atoms with Gasteiger partial charge in [0.25, 0.3) is 0 Å². The standard InChI is InChI=1S/C16H22N2O/c1-4-17-16(11-12(2)19-3)14-7-5-9-15-13(14)8-6-10-18-15/h5-10,12,16-17H,4,11H2,1-3H3. The summed E-state index contributed by atoms with van der Waals surface area (Å²) in [7, 11) is 1.76. The van der Waals surface area contributed by atoms with E-state index >= 15 is 0 Å². The molecule has 19 heavy (non-hydrogen) atoms. The molecule has 3 heteroatoms. The molecule has 2 aromatic rings. The first kappa shape index (κ1) is 14.0. The molecule has 0 aliphatic heterocycles. The second kappa shape index (κ2) is 6.64. The van der Waals surface area contributed by atoms with Gasteiger partial charge in [-0.25, -0.2) is 0 Å². The zero-order valence-electron chi connectivity index (χ0n) is 11.9. The Morgan fingerprint density at radius 3 is 2.84 bits per heavy atom. The summed E-state index contributed by atoms with van der Waals surface area (Å²) >= 11 is 0. The van der Waals surface area contributed by atoms with E-state index < -0.39 is 0 Å². The Bertz CT molecular complexity index is 522. The lowest BCUT2D eigenvalue weighted by Gasteiger charge is -2.22. The molecule has 2 rings (SSSR count). The van der Waals surface area contributed by atoms with Gasteiger partial charge >= 0.3 is 0 Å². The van der Waals surface area contributed by atoms with Crippen LogP contribution in [0, 0.1) is 0 Å². The van der Waals surface area contributed by atoms with Gasteiger partial charge in [-0.15, -0.1) is 0 Å². The molecule has 0 fully saturated rings. The lowest BCUT2D eigenvalue weighted by atomic mass is 9.97. The smallest absolute Gasteiger partial charge is 0.0705 e. The molecule has 0 saturated carbocycles. The number of aromatic nitrogens is 1. The van der Waals surface area contributed by atoms with E-state index in [1.54, 1.807) is 7.11 Å². The molecule has 1 N–H and O–H groups in total. The maximum absolute atomic E-state index is 5.40. The quantitative estimate of drug-likeness (QED) is 0.863. The fraction of sp³-hybridized carbons (Fsp3) is 0.438. The van der Waals surface area contributed by atoms with Gasteiger partial charge in [0.15, 0.2) is 0 Å². The third-order valence-electron chi connectivity index (χ3n) is 3.48. The highest BCUT2D eigenvalue weighted by Crippen LogP contribution is 2.26. The molecular formula is C16H22N2O. The molecule has 0 amide bonds. The van der Waals surface area contributed by atoms with Crippen LogP contribution in [0.5, 0.6) is 0 Å². The molecule has 3 nitrogen and oxygen atoms in total. The highest BCUT2D eigenvalue weighted by molar-refractivity contribution is 5.82. The molecule has 0 aliphatic carbocycles. The average Bonchev–Trinajstić information content (AvgIpc) is 2.46. The predicted molar refractivity (Wildman–Crippen MR) is 79.2 cm³/mol. The van der Waals surface area contributed by atoms with E-state index in [1.807, 2.05) is 12.3 Å². The lowest BCUT2D eigenvalue weighted by Crippen LogP contribution is -2.25. The Balaban J connectivity index is 2.38. The summed E-state index contributed by atoms with van der Waals surface area (Å²) in [6.45, 7) is 5.18. The normalized spacial score (nSPS) is 14.5. The molecule has 102 valence electrons. The van der Waals surface area contributed by atoms with Gasteiger partial charge in [0.05, 0.1) is 11.6 Å². The summed E-state index contributed by atoms with van der Waals surface area (Å²) in [6, 6.07) is 10.7. The molecular weight excluding hydrogens is 236 g/mol. The summed E-state index contributed by atoms with van der Waals surface area (Å²) in [4.78, 5) is 4.42. The van der Waals surface area contributed by atoms with Crippen LogP contribution in [0.1, 0.15) is 31.9 Å². The SMILES string of the molecule is CCNC(CC(C)OC)c1cccc2ncccc12. The van der Waals surface area contributed by atoms with Crippen molar-refractivity contribution in [3.63, 3.8) is 0 Å². The van der Waals surface area contributed by atoms with Crippen LogP contribution < -0.4 is 5.32 Å². The van der Waals surface area contributed by atoms with Crippen LogP contribution in [0.15, 0.2) is 36.5 Å². The first-order valence-corrected chi connectivity index (χ1v) is 6.86. The first-order chi connectivity index (χ1) is 9.26. The second-order valence-electron chi connectivity index (χ2n) is 4.81. The number of nitrogens with one attached hydrogen (secondary N) is 1. The summed E-state index contributed by atoms with van der Waals surface area (Å²) in [5.74, 6) is 0. The number of methoxy groups -OCH3 is 1. The van der Waals surface area contributed by atoms with Gasteiger partial charge in [-0.2, -0.15) is 0 Å². The van der Waals surface area contributed by atoms with Crippen molar-refractivity contribution in [1.82, 2.24) is 10.3 Å². The van der Waals surface area contributed by atoms with Gasteiger partial charge in [-0.1, -0.05) is 25.1 Å². The van der Waals surface area contributed by atoms with Gasteiger partial charge in [0.1, 0.15) is 0 Å². The highest BCUT2D eigenvalue weighted by Gasteiger charge is 2.16. The molecule has 0 radical (unpaired) electrons. The maximum Gasteiger partial charge on any atom is 0.0705 e. The predicted octanol–water partition coefficient (Wildman–Crippen LogP) is 3.31. The first-order valence-electron chi connectivity index (χ1n) is 6.86. The maximum atomic E-state index is 5.40. The Hall–Kier alpha value is -1.45. The molecule has 0 aliphatic rings. The Morgan fingerprint density at radius 2 is 2.11 bits per heavy atom. The fourth-order valence-corrected chi connectivity index (χ4v) is 2.43. The van der Waals surface area contributed by atoms with Gasteiger partial charge in [0, 0.05) is 24.7 Å². The number of nitrogens with zero attached hydrogens (tertiary/aromatic N) is 1. The number of ether oxygens (including phenoxy) is 1. The van der Waals surface area contributed by atoms with Crippen molar-refractivity contribution in [2.75, 3.05) is 13.7 Å². The van der Waals surface area contributed by atoms with Gasteiger partial charge in [-0.3, -0.25) is 4.98 Å². The largest absolute Gasteiger partial charge is 0.382 e. The van der Waals surface area contributed by atoms with E-state index in [0.717, 1.165) is 18.5 Å². The number of pyridine rings is 1. The minimum absolute atomic E-state index is 0.232. The van der Waals surface area contributed by atoms with E-state index in [2.05, 4.69) is 48.4 Å². The molecule has 0 spiro atoms. The fourth-order valence-electron chi connectivity index (χ4n) is 2.43. The Labute approximate surface area is 115 Å². The minimum Gasteiger partial charge on any atom is -0.382 e. The summed E-state index contributed by atoms with van der Waals surface area (Å²) in [6.07, 6.45) is 3.03. The van der Waals surface area contributed by atoms with Crippen LogP contribution in [-0.4, -0.2) is 24.7 Å². The van der Waals surface area contributed by atoms with Crippen LogP contribution >= 0.6 is 0 Å². The molecule has 2 atom stereocenters. The highest BCUT2D eigenvalue weighted by atomic mass is 16.5. The topological polar surface area (TPSA) is 34.1 Å². The zero-order valence-corrected chi connectivity index (χ0v) is 11.9. The molecule has 0 bridgehead atoms. The zero-order chi connectivity index (χ0) is 13.7. The van der Waals surface area contributed by atoms with Gasteiger partial charge in [-0.05, 0) is 37.6 Å². The average molecular weight is 258 g/mol. The third kappa shape index (κ3) is 3.31. The minimum atomic E-state index is 0.232. The van der Waals surface area contributed by atoms with Crippen LogP contribution in [0.4, 0.5) is 0 Å². The van der Waals surface area contributed by atoms with E-state index in [9.17, 15) is 0 Å². The van der Waals surface area contributed by atoms with Crippen molar-refractivity contribution >= 4 is 10.9 Å². The number of hydrogen-bond acceptors (Lipinski definition) is 3. The Morgan fingerprint density at radius 1 is 1.26 bits per heavy atom. The van der Waals surface area contributed by atoms with Crippen molar-refractivity contribution < 1.29 is 4.74 Å². The Kier molecular flexibility index (Phi) is 4.88. The third-order valence-corrected chi connectivity index (χ3v) is 3.48.